The summed E-state index contributed by atoms with van der Waals surface area (Å²) < 4.78 is 12.6. The van der Waals surface area contributed by atoms with Crippen LogP contribution in [0.1, 0.15) is 11.6 Å². The van der Waals surface area contributed by atoms with Crippen LogP contribution in [0.3, 0.4) is 0 Å². The molecular weight excluding hydrogens is 320 g/mol. The average molecular weight is 346 g/mol. The number of hydrogen-bond donors (Lipinski definition) is 0. The van der Waals surface area contributed by atoms with Crippen molar-refractivity contribution in [2.45, 2.75) is 18.6 Å². The molecule has 1 aliphatic rings. The van der Waals surface area contributed by atoms with Gasteiger partial charge in [-0.25, -0.2) is 9.67 Å². The topological polar surface area (TPSA) is 68.5 Å². The minimum atomic E-state index is 0.303. The predicted octanol–water partition coefficient (Wildman–Crippen LogP) is 0.685. The first kappa shape index (κ1) is 17.8. The Hall–Kier alpha value is -2.03. The summed E-state index contributed by atoms with van der Waals surface area (Å²) in [6.07, 6.45) is 5.48. The van der Waals surface area contributed by atoms with Crippen molar-refractivity contribution in [3.63, 3.8) is 0 Å². The zero-order valence-electron chi connectivity index (χ0n) is 15.1. The summed E-state index contributed by atoms with van der Waals surface area (Å²) >= 11 is 0. The number of rotatable bonds is 8. The van der Waals surface area contributed by atoms with E-state index in [1.165, 1.54) is 5.56 Å². The standard InChI is InChI=1S/C17H26N6O2/c1-21(2)15-12-22(13-16(15)23-7-6-19-20-23)11-14-4-5-18-17(10-14)25-9-8-24-3/h4-7,10,15-16H,8-9,11-13H2,1-3H3/t15-,16+/m1/s1. The largest absolute Gasteiger partial charge is 0.475 e. The number of likely N-dealkylation sites (N-methyl/N-ethyl adjacent to an activating group) is 1. The third-order valence-corrected chi connectivity index (χ3v) is 4.52. The lowest BCUT2D eigenvalue weighted by Gasteiger charge is -2.24. The van der Waals surface area contributed by atoms with E-state index in [4.69, 9.17) is 9.47 Å². The molecule has 0 radical (unpaired) electrons. The number of nitrogens with zero attached hydrogens (tertiary/aromatic N) is 6. The Bertz CT molecular complexity index is 648. The van der Waals surface area contributed by atoms with E-state index in [1.807, 2.05) is 23.0 Å². The van der Waals surface area contributed by atoms with Crippen molar-refractivity contribution in [3.8, 4) is 5.88 Å². The molecule has 0 amide bonds. The van der Waals surface area contributed by atoms with E-state index in [2.05, 4.69) is 39.2 Å². The molecule has 3 heterocycles. The van der Waals surface area contributed by atoms with Crippen molar-refractivity contribution < 1.29 is 9.47 Å². The molecule has 0 unspecified atom stereocenters. The van der Waals surface area contributed by atoms with Crippen molar-refractivity contribution in [1.82, 2.24) is 29.8 Å². The lowest BCUT2D eigenvalue weighted by molar-refractivity contribution is 0.143. The molecule has 0 spiro atoms. The Kier molecular flexibility index (Phi) is 5.95. The Morgan fingerprint density at radius 2 is 2.12 bits per heavy atom. The molecule has 0 N–H and O–H groups in total. The normalized spacial score (nSPS) is 21.1. The highest BCUT2D eigenvalue weighted by atomic mass is 16.5. The van der Waals surface area contributed by atoms with Gasteiger partial charge in [0.05, 0.1) is 18.8 Å². The van der Waals surface area contributed by atoms with Crippen molar-refractivity contribution in [2.24, 2.45) is 0 Å². The molecule has 3 rings (SSSR count). The number of likely N-dealkylation sites (tertiary alicyclic amines) is 1. The molecule has 8 nitrogen and oxygen atoms in total. The van der Waals surface area contributed by atoms with E-state index in [9.17, 15) is 0 Å². The predicted molar refractivity (Wildman–Crippen MR) is 93.4 cm³/mol. The Labute approximate surface area is 148 Å². The smallest absolute Gasteiger partial charge is 0.213 e. The maximum atomic E-state index is 5.61. The number of pyridine rings is 1. The van der Waals surface area contributed by atoms with Gasteiger partial charge in [-0.15, -0.1) is 5.10 Å². The summed E-state index contributed by atoms with van der Waals surface area (Å²) in [6, 6.07) is 4.75. The maximum Gasteiger partial charge on any atom is 0.213 e. The van der Waals surface area contributed by atoms with Gasteiger partial charge in [0, 0.05) is 51.2 Å². The highest BCUT2D eigenvalue weighted by Gasteiger charge is 2.35. The molecule has 25 heavy (non-hydrogen) atoms. The van der Waals surface area contributed by atoms with E-state index in [0.29, 0.717) is 31.2 Å². The van der Waals surface area contributed by atoms with Crippen LogP contribution in [0.15, 0.2) is 30.7 Å². The first-order valence-electron chi connectivity index (χ1n) is 8.48. The van der Waals surface area contributed by atoms with Crippen LogP contribution in [0.2, 0.25) is 0 Å². The van der Waals surface area contributed by atoms with Gasteiger partial charge in [-0.2, -0.15) is 0 Å². The summed E-state index contributed by atoms with van der Waals surface area (Å²) in [7, 11) is 5.89. The van der Waals surface area contributed by atoms with Crippen molar-refractivity contribution >= 4 is 0 Å². The van der Waals surface area contributed by atoms with Crippen LogP contribution in [0, 0.1) is 0 Å². The van der Waals surface area contributed by atoms with Crippen LogP contribution in [0.5, 0.6) is 5.88 Å². The summed E-state index contributed by atoms with van der Waals surface area (Å²) in [6.45, 7) is 3.85. The average Bonchev–Trinajstić information content (AvgIpc) is 3.24. The molecule has 2 atom stereocenters. The zero-order chi connectivity index (χ0) is 17.6. The van der Waals surface area contributed by atoms with Gasteiger partial charge in [0.1, 0.15) is 6.61 Å². The van der Waals surface area contributed by atoms with Crippen LogP contribution in [-0.4, -0.2) is 83.3 Å². The van der Waals surface area contributed by atoms with Crippen LogP contribution < -0.4 is 4.74 Å². The zero-order valence-corrected chi connectivity index (χ0v) is 15.1. The van der Waals surface area contributed by atoms with Gasteiger partial charge in [-0.3, -0.25) is 4.90 Å². The number of aromatic nitrogens is 4. The van der Waals surface area contributed by atoms with Gasteiger partial charge < -0.3 is 14.4 Å². The molecule has 0 bridgehead atoms. The van der Waals surface area contributed by atoms with Crippen molar-refractivity contribution in [3.05, 3.63) is 36.3 Å². The minimum absolute atomic E-state index is 0.303. The minimum Gasteiger partial charge on any atom is -0.475 e. The third-order valence-electron chi connectivity index (χ3n) is 4.52. The summed E-state index contributed by atoms with van der Waals surface area (Å²) in [4.78, 5) is 8.96. The SMILES string of the molecule is COCCOc1cc(CN2C[C@@H](N(C)C)[C@@H](n3ccnn3)C2)ccn1. The van der Waals surface area contributed by atoms with E-state index in [0.717, 1.165) is 19.6 Å². The molecule has 2 aromatic rings. The van der Waals surface area contributed by atoms with Gasteiger partial charge in [-0.05, 0) is 25.7 Å². The molecule has 1 saturated heterocycles. The van der Waals surface area contributed by atoms with E-state index >= 15 is 0 Å². The molecule has 0 saturated carbocycles. The fraction of sp³-hybridized carbons (Fsp3) is 0.588. The monoisotopic (exact) mass is 346 g/mol. The van der Waals surface area contributed by atoms with Gasteiger partial charge in [0.25, 0.3) is 0 Å². The fourth-order valence-electron chi connectivity index (χ4n) is 3.25. The van der Waals surface area contributed by atoms with Gasteiger partial charge in [0.15, 0.2) is 0 Å². The molecule has 8 heteroatoms. The van der Waals surface area contributed by atoms with E-state index in [-0.39, 0.29) is 0 Å². The van der Waals surface area contributed by atoms with Gasteiger partial charge in [-0.1, -0.05) is 5.21 Å². The van der Waals surface area contributed by atoms with Crippen LogP contribution in [0.4, 0.5) is 0 Å². The lowest BCUT2D eigenvalue weighted by Crippen LogP contribution is -2.36. The summed E-state index contributed by atoms with van der Waals surface area (Å²) in [5, 5.41) is 8.16. The molecular formula is C17H26N6O2. The second-order valence-corrected chi connectivity index (χ2v) is 6.52. The van der Waals surface area contributed by atoms with E-state index in [1.54, 1.807) is 19.5 Å². The summed E-state index contributed by atoms with van der Waals surface area (Å²) in [5.41, 5.74) is 1.19. The molecule has 0 aliphatic carbocycles. The van der Waals surface area contributed by atoms with Crippen molar-refractivity contribution in [1.29, 1.82) is 0 Å². The highest BCUT2D eigenvalue weighted by Crippen LogP contribution is 2.26. The molecule has 2 aromatic heterocycles. The first-order valence-corrected chi connectivity index (χ1v) is 8.48. The number of ether oxygens (including phenoxy) is 2. The Balaban J connectivity index is 1.64. The second kappa shape index (κ2) is 8.37. The van der Waals surface area contributed by atoms with Crippen LogP contribution in [0.25, 0.3) is 0 Å². The Morgan fingerprint density at radius 1 is 1.24 bits per heavy atom. The number of hydrogen-bond acceptors (Lipinski definition) is 7. The molecule has 1 aliphatic heterocycles. The Morgan fingerprint density at radius 3 is 2.84 bits per heavy atom. The van der Waals surface area contributed by atoms with Gasteiger partial charge in [0.2, 0.25) is 5.88 Å². The molecule has 136 valence electrons. The lowest BCUT2D eigenvalue weighted by atomic mass is 10.1. The quantitative estimate of drug-likeness (QED) is 0.651. The molecule has 0 aromatic carbocycles. The fourth-order valence-corrected chi connectivity index (χ4v) is 3.25. The third kappa shape index (κ3) is 4.53. The van der Waals surface area contributed by atoms with Crippen LogP contribution in [-0.2, 0) is 11.3 Å². The van der Waals surface area contributed by atoms with Crippen molar-refractivity contribution in [2.75, 3.05) is 47.5 Å². The highest BCUT2D eigenvalue weighted by molar-refractivity contribution is 5.20. The maximum absolute atomic E-state index is 5.61. The van der Waals surface area contributed by atoms with E-state index < -0.39 is 0 Å². The number of methoxy groups -OCH3 is 1. The first-order chi connectivity index (χ1) is 12.2. The second-order valence-electron chi connectivity index (χ2n) is 6.52. The van der Waals surface area contributed by atoms with Gasteiger partial charge >= 0.3 is 0 Å². The summed E-state index contributed by atoms with van der Waals surface area (Å²) in [5.74, 6) is 0.644. The van der Waals surface area contributed by atoms with Crippen LogP contribution >= 0.6 is 0 Å². The molecule has 1 fully saturated rings.